The molecule has 1 aromatic carbocycles. The van der Waals surface area contributed by atoms with Gasteiger partial charge in [-0.3, -0.25) is 4.79 Å². The third kappa shape index (κ3) is 4.61. The van der Waals surface area contributed by atoms with E-state index in [0.29, 0.717) is 17.8 Å². The molecular formula is C15H17FN2O2S. The summed E-state index contributed by atoms with van der Waals surface area (Å²) < 4.78 is 12.8. The number of hydrogen-bond acceptors (Lipinski definition) is 4. The highest BCUT2D eigenvalue weighted by atomic mass is 32.1. The first-order valence-electron chi connectivity index (χ1n) is 6.66. The van der Waals surface area contributed by atoms with E-state index >= 15 is 0 Å². The SMILES string of the molecule is CC(CO)CNC(=O)c1cnc(Cc2ccc(F)cc2)s1. The lowest BCUT2D eigenvalue weighted by molar-refractivity contribution is 0.0946. The highest BCUT2D eigenvalue weighted by molar-refractivity contribution is 7.13. The van der Waals surface area contributed by atoms with Crippen molar-refractivity contribution in [3.63, 3.8) is 0 Å². The number of halogens is 1. The number of benzene rings is 1. The Kier molecular flexibility index (Phi) is 5.41. The fourth-order valence-corrected chi connectivity index (χ4v) is 2.56. The van der Waals surface area contributed by atoms with Gasteiger partial charge in [-0.25, -0.2) is 9.37 Å². The van der Waals surface area contributed by atoms with Gasteiger partial charge in [0.15, 0.2) is 0 Å². The quantitative estimate of drug-likeness (QED) is 0.860. The van der Waals surface area contributed by atoms with Crippen LogP contribution in [0.3, 0.4) is 0 Å². The molecule has 1 unspecified atom stereocenters. The Morgan fingerprint density at radius 3 is 2.81 bits per heavy atom. The van der Waals surface area contributed by atoms with Crippen molar-refractivity contribution in [1.82, 2.24) is 10.3 Å². The first kappa shape index (κ1) is 15.6. The number of rotatable bonds is 6. The molecule has 2 rings (SSSR count). The maximum atomic E-state index is 12.8. The van der Waals surface area contributed by atoms with E-state index in [2.05, 4.69) is 10.3 Å². The molecule has 0 aliphatic rings. The Labute approximate surface area is 126 Å². The molecule has 0 aliphatic heterocycles. The molecule has 4 nitrogen and oxygen atoms in total. The first-order valence-corrected chi connectivity index (χ1v) is 7.48. The van der Waals surface area contributed by atoms with Crippen LogP contribution in [0.2, 0.25) is 0 Å². The van der Waals surface area contributed by atoms with Crippen molar-refractivity contribution in [2.24, 2.45) is 5.92 Å². The molecule has 1 amide bonds. The number of nitrogens with zero attached hydrogens (tertiary/aromatic N) is 1. The summed E-state index contributed by atoms with van der Waals surface area (Å²) in [5.74, 6) is -0.422. The Morgan fingerprint density at radius 1 is 1.43 bits per heavy atom. The predicted octanol–water partition coefficient (Wildman–Crippen LogP) is 2.23. The van der Waals surface area contributed by atoms with E-state index in [1.165, 1.54) is 23.5 Å². The van der Waals surface area contributed by atoms with E-state index in [1.54, 1.807) is 18.3 Å². The highest BCUT2D eigenvalue weighted by Crippen LogP contribution is 2.17. The first-order chi connectivity index (χ1) is 10.1. The Bertz CT molecular complexity index is 598. The number of aliphatic hydroxyl groups is 1. The van der Waals surface area contributed by atoms with Crippen LogP contribution in [0.4, 0.5) is 4.39 Å². The fraction of sp³-hybridized carbons (Fsp3) is 0.333. The topological polar surface area (TPSA) is 62.2 Å². The number of aromatic nitrogens is 1. The zero-order valence-electron chi connectivity index (χ0n) is 11.7. The van der Waals surface area contributed by atoms with Crippen LogP contribution in [0.5, 0.6) is 0 Å². The van der Waals surface area contributed by atoms with Crippen LogP contribution in [0.15, 0.2) is 30.5 Å². The van der Waals surface area contributed by atoms with E-state index in [-0.39, 0.29) is 24.2 Å². The average Bonchev–Trinajstić information content (AvgIpc) is 2.95. The average molecular weight is 308 g/mol. The molecule has 2 N–H and O–H groups in total. The zero-order chi connectivity index (χ0) is 15.2. The number of carbonyl (C=O) groups excluding carboxylic acids is 1. The molecule has 0 radical (unpaired) electrons. The fourth-order valence-electron chi connectivity index (χ4n) is 1.69. The standard InChI is InChI=1S/C15H17FN2O2S/c1-10(9-19)7-18-15(20)13-8-17-14(21-13)6-11-2-4-12(16)5-3-11/h2-5,8,10,19H,6-7,9H2,1H3,(H,18,20). The predicted molar refractivity (Wildman–Crippen MR) is 79.9 cm³/mol. The van der Waals surface area contributed by atoms with Crippen LogP contribution < -0.4 is 5.32 Å². The molecule has 112 valence electrons. The van der Waals surface area contributed by atoms with Gasteiger partial charge in [-0.15, -0.1) is 11.3 Å². The summed E-state index contributed by atoms with van der Waals surface area (Å²) in [5, 5.41) is 12.5. The van der Waals surface area contributed by atoms with E-state index in [1.807, 2.05) is 6.92 Å². The van der Waals surface area contributed by atoms with Crippen LogP contribution in [0.25, 0.3) is 0 Å². The minimum atomic E-state index is -0.268. The molecule has 1 aromatic heterocycles. The van der Waals surface area contributed by atoms with Crippen LogP contribution in [0, 0.1) is 11.7 Å². The van der Waals surface area contributed by atoms with Gasteiger partial charge in [0.2, 0.25) is 0 Å². The van der Waals surface area contributed by atoms with Crippen molar-refractivity contribution >= 4 is 17.2 Å². The Balaban J connectivity index is 1.94. The largest absolute Gasteiger partial charge is 0.396 e. The molecule has 0 saturated carbocycles. The lowest BCUT2D eigenvalue weighted by Gasteiger charge is -2.07. The summed E-state index contributed by atoms with van der Waals surface area (Å²) in [4.78, 5) is 16.7. The minimum absolute atomic E-state index is 0.0283. The summed E-state index contributed by atoms with van der Waals surface area (Å²) in [7, 11) is 0. The van der Waals surface area contributed by atoms with Gasteiger partial charge in [0.25, 0.3) is 5.91 Å². The number of amides is 1. The third-order valence-corrected chi connectivity index (χ3v) is 3.96. The maximum absolute atomic E-state index is 12.8. The Morgan fingerprint density at radius 2 is 2.14 bits per heavy atom. The minimum Gasteiger partial charge on any atom is -0.396 e. The van der Waals surface area contributed by atoms with Gasteiger partial charge < -0.3 is 10.4 Å². The normalized spacial score (nSPS) is 12.1. The monoisotopic (exact) mass is 308 g/mol. The summed E-state index contributed by atoms with van der Waals surface area (Å²) in [6.45, 7) is 2.33. The van der Waals surface area contributed by atoms with E-state index in [9.17, 15) is 9.18 Å². The van der Waals surface area contributed by atoms with Gasteiger partial charge >= 0.3 is 0 Å². The van der Waals surface area contributed by atoms with E-state index in [4.69, 9.17) is 5.11 Å². The molecule has 21 heavy (non-hydrogen) atoms. The second kappa shape index (κ2) is 7.28. The second-order valence-electron chi connectivity index (χ2n) is 4.92. The molecule has 0 fully saturated rings. The van der Waals surface area contributed by atoms with Crippen molar-refractivity contribution in [2.75, 3.05) is 13.2 Å². The van der Waals surface area contributed by atoms with E-state index < -0.39 is 0 Å². The van der Waals surface area contributed by atoms with Crippen LogP contribution in [-0.4, -0.2) is 29.1 Å². The number of aliphatic hydroxyl groups excluding tert-OH is 1. The molecule has 0 spiro atoms. The Hall–Kier alpha value is -1.79. The van der Waals surface area contributed by atoms with Crippen LogP contribution in [-0.2, 0) is 6.42 Å². The molecular weight excluding hydrogens is 291 g/mol. The smallest absolute Gasteiger partial charge is 0.263 e. The van der Waals surface area contributed by atoms with Gasteiger partial charge in [0, 0.05) is 19.6 Å². The summed E-state index contributed by atoms with van der Waals surface area (Å²) >= 11 is 1.32. The number of nitrogens with one attached hydrogen (secondary N) is 1. The highest BCUT2D eigenvalue weighted by Gasteiger charge is 2.11. The van der Waals surface area contributed by atoms with Gasteiger partial charge in [0.05, 0.1) is 11.2 Å². The zero-order valence-corrected chi connectivity index (χ0v) is 12.5. The van der Waals surface area contributed by atoms with Crippen molar-refractivity contribution in [3.8, 4) is 0 Å². The lowest BCUT2D eigenvalue weighted by atomic mass is 10.2. The summed E-state index contributed by atoms with van der Waals surface area (Å²) in [5.41, 5.74) is 0.951. The molecule has 6 heteroatoms. The number of thiazole rings is 1. The molecule has 0 saturated heterocycles. The summed E-state index contributed by atoms with van der Waals surface area (Å²) in [6.07, 6.45) is 2.12. The number of hydrogen-bond donors (Lipinski definition) is 2. The van der Waals surface area contributed by atoms with Crippen molar-refractivity contribution in [2.45, 2.75) is 13.3 Å². The van der Waals surface area contributed by atoms with Crippen molar-refractivity contribution in [1.29, 1.82) is 0 Å². The second-order valence-corrected chi connectivity index (χ2v) is 6.03. The third-order valence-electron chi connectivity index (χ3n) is 2.97. The van der Waals surface area contributed by atoms with Crippen molar-refractivity contribution in [3.05, 3.63) is 51.7 Å². The summed E-state index contributed by atoms with van der Waals surface area (Å²) in [6, 6.07) is 6.23. The molecule has 1 heterocycles. The van der Waals surface area contributed by atoms with Crippen LogP contribution >= 0.6 is 11.3 Å². The number of carbonyl (C=O) groups is 1. The molecule has 1 atom stereocenters. The van der Waals surface area contributed by atoms with E-state index in [0.717, 1.165) is 10.6 Å². The molecule has 0 bridgehead atoms. The van der Waals surface area contributed by atoms with Gasteiger partial charge in [-0.2, -0.15) is 0 Å². The lowest BCUT2D eigenvalue weighted by Crippen LogP contribution is -2.28. The van der Waals surface area contributed by atoms with Crippen molar-refractivity contribution < 1.29 is 14.3 Å². The van der Waals surface area contributed by atoms with Gasteiger partial charge in [-0.05, 0) is 23.6 Å². The molecule has 2 aromatic rings. The van der Waals surface area contributed by atoms with Gasteiger partial charge in [-0.1, -0.05) is 19.1 Å². The van der Waals surface area contributed by atoms with Crippen LogP contribution in [0.1, 0.15) is 27.2 Å². The maximum Gasteiger partial charge on any atom is 0.263 e. The van der Waals surface area contributed by atoms with Gasteiger partial charge in [0.1, 0.15) is 10.7 Å². The molecule has 0 aliphatic carbocycles.